The molecule has 2 N–H and O–H groups in total. The molecule has 200 valence electrons. The van der Waals surface area contributed by atoms with E-state index in [0.29, 0.717) is 12.0 Å². The minimum atomic E-state index is -0.198. The number of benzene rings is 1. The second kappa shape index (κ2) is 11.9. The summed E-state index contributed by atoms with van der Waals surface area (Å²) in [5.41, 5.74) is 4.26. The molecule has 3 heterocycles. The van der Waals surface area contributed by atoms with Gasteiger partial charge >= 0.3 is 0 Å². The fourth-order valence-corrected chi connectivity index (χ4v) is 5.77. The standard InChI is InChI=1S/C29H43N7O/c1-4-6-21(2)31-29-30-19-26-27(33-36(28(26)32-29)24-11-13-25(37)14-12-24)23-9-7-22(8-10-23)20-35-16-5-15-34(3)17-18-35/h7-10,19,21,24-25,37H,4-6,11-18,20H2,1-3H3,(H,30,31,32)/t21-,24-,25-/m0/s1. The van der Waals surface area contributed by atoms with Gasteiger partial charge in [-0.05, 0) is 71.1 Å². The number of hydrogen-bond acceptors (Lipinski definition) is 7. The molecular formula is C29H43N7O. The maximum atomic E-state index is 10.1. The summed E-state index contributed by atoms with van der Waals surface area (Å²) in [6.45, 7) is 9.94. The van der Waals surface area contributed by atoms with Gasteiger partial charge in [-0.1, -0.05) is 37.6 Å². The first-order chi connectivity index (χ1) is 18.0. The third-order valence-corrected chi connectivity index (χ3v) is 8.00. The number of fused-ring (bicyclic) bond motifs is 1. The minimum absolute atomic E-state index is 0.198. The minimum Gasteiger partial charge on any atom is -0.393 e. The van der Waals surface area contributed by atoms with Crippen molar-refractivity contribution in [3.05, 3.63) is 36.0 Å². The number of hydrogen-bond donors (Lipinski definition) is 2. The lowest BCUT2D eigenvalue weighted by Crippen LogP contribution is -2.28. The van der Waals surface area contributed by atoms with Crippen molar-refractivity contribution in [2.75, 3.05) is 38.5 Å². The zero-order valence-electron chi connectivity index (χ0n) is 22.7. The lowest BCUT2D eigenvalue weighted by Gasteiger charge is -2.25. The molecule has 1 atom stereocenters. The van der Waals surface area contributed by atoms with E-state index in [9.17, 15) is 5.11 Å². The van der Waals surface area contributed by atoms with Gasteiger partial charge in [-0.25, -0.2) is 9.67 Å². The summed E-state index contributed by atoms with van der Waals surface area (Å²) in [6, 6.07) is 9.46. The van der Waals surface area contributed by atoms with Crippen LogP contribution in [0.4, 0.5) is 5.95 Å². The van der Waals surface area contributed by atoms with Crippen molar-refractivity contribution in [3.63, 3.8) is 0 Å². The van der Waals surface area contributed by atoms with Gasteiger partial charge in [0.2, 0.25) is 5.95 Å². The molecule has 0 radical (unpaired) electrons. The van der Waals surface area contributed by atoms with E-state index in [0.717, 1.165) is 87.0 Å². The maximum Gasteiger partial charge on any atom is 0.224 e. The Hall–Kier alpha value is -2.55. The highest BCUT2D eigenvalue weighted by molar-refractivity contribution is 5.91. The first-order valence-corrected chi connectivity index (χ1v) is 14.2. The van der Waals surface area contributed by atoms with Crippen LogP contribution in [0.5, 0.6) is 0 Å². The fourth-order valence-electron chi connectivity index (χ4n) is 5.77. The van der Waals surface area contributed by atoms with E-state index in [1.54, 1.807) is 0 Å². The van der Waals surface area contributed by atoms with Crippen LogP contribution in [-0.2, 0) is 6.54 Å². The molecule has 1 aliphatic carbocycles. The number of aliphatic hydroxyl groups excluding tert-OH is 1. The Morgan fingerprint density at radius 3 is 2.59 bits per heavy atom. The molecule has 1 saturated heterocycles. The number of nitrogens with one attached hydrogen (secondary N) is 1. The summed E-state index contributed by atoms with van der Waals surface area (Å²) < 4.78 is 2.11. The van der Waals surface area contributed by atoms with Crippen LogP contribution in [-0.4, -0.2) is 80.0 Å². The van der Waals surface area contributed by atoms with E-state index in [-0.39, 0.29) is 12.1 Å². The van der Waals surface area contributed by atoms with Crippen molar-refractivity contribution in [1.82, 2.24) is 29.5 Å². The second-order valence-electron chi connectivity index (χ2n) is 11.2. The van der Waals surface area contributed by atoms with Crippen molar-refractivity contribution >= 4 is 17.0 Å². The molecule has 0 unspecified atom stereocenters. The average Bonchev–Trinajstić information content (AvgIpc) is 3.14. The fraction of sp³-hybridized carbons (Fsp3) is 0.621. The van der Waals surface area contributed by atoms with E-state index in [2.05, 4.69) is 69.9 Å². The smallest absolute Gasteiger partial charge is 0.224 e. The predicted molar refractivity (Wildman–Crippen MR) is 150 cm³/mol. The lowest BCUT2D eigenvalue weighted by atomic mass is 9.93. The largest absolute Gasteiger partial charge is 0.393 e. The summed E-state index contributed by atoms with van der Waals surface area (Å²) in [6.07, 6.45) is 8.61. The van der Waals surface area contributed by atoms with Crippen LogP contribution in [0.3, 0.4) is 0 Å². The zero-order valence-corrected chi connectivity index (χ0v) is 22.7. The highest BCUT2D eigenvalue weighted by Gasteiger charge is 2.26. The molecule has 5 rings (SSSR count). The Balaban J connectivity index is 1.42. The maximum absolute atomic E-state index is 10.1. The Morgan fingerprint density at radius 2 is 1.84 bits per heavy atom. The van der Waals surface area contributed by atoms with Crippen LogP contribution >= 0.6 is 0 Å². The summed E-state index contributed by atoms with van der Waals surface area (Å²) in [4.78, 5) is 14.6. The van der Waals surface area contributed by atoms with Crippen LogP contribution in [0.1, 0.15) is 70.4 Å². The van der Waals surface area contributed by atoms with Gasteiger partial charge in [0.1, 0.15) is 5.69 Å². The molecule has 1 saturated carbocycles. The predicted octanol–water partition coefficient (Wildman–Crippen LogP) is 4.71. The Bertz CT molecular complexity index is 1150. The molecule has 1 aromatic carbocycles. The second-order valence-corrected chi connectivity index (χ2v) is 11.2. The van der Waals surface area contributed by atoms with E-state index in [4.69, 9.17) is 10.1 Å². The molecule has 37 heavy (non-hydrogen) atoms. The number of aliphatic hydroxyl groups is 1. The van der Waals surface area contributed by atoms with Crippen LogP contribution in [0.2, 0.25) is 0 Å². The molecule has 2 aliphatic rings. The van der Waals surface area contributed by atoms with Crippen molar-refractivity contribution in [3.8, 4) is 11.3 Å². The molecule has 2 aromatic heterocycles. The van der Waals surface area contributed by atoms with Gasteiger partial charge in [0.05, 0.1) is 17.5 Å². The van der Waals surface area contributed by atoms with E-state index in [1.165, 1.54) is 18.5 Å². The molecule has 0 spiro atoms. The van der Waals surface area contributed by atoms with E-state index >= 15 is 0 Å². The number of anilines is 1. The van der Waals surface area contributed by atoms with Gasteiger partial charge in [-0.2, -0.15) is 10.1 Å². The van der Waals surface area contributed by atoms with Gasteiger partial charge in [0.15, 0.2) is 5.65 Å². The molecule has 0 bridgehead atoms. The average molecular weight is 506 g/mol. The first kappa shape index (κ1) is 26.1. The highest BCUT2D eigenvalue weighted by Crippen LogP contribution is 2.34. The molecule has 8 nitrogen and oxygen atoms in total. The molecule has 3 aromatic rings. The van der Waals surface area contributed by atoms with E-state index in [1.807, 2.05) is 6.20 Å². The van der Waals surface area contributed by atoms with Crippen molar-refractivity contribution in [1.29, 1.82) is 0 Å². The van der Waals surface area contributed by atoms with Gasteiger partial charge in [0.25, 0.3) is 0 Å². The zero-order chi connectivity index (χ0) is 25.8. The van der Waals surface area contributed by atoms with Crippen LogP contribution in [0, 0.1) is 0 Å². The van der Waals surface area contributed by atoms with Gasteiger partial charge in [-0.3, -0.25) is 4.90 Å². The summed E-state index contributed by atoms with van der Waals surface area (Å²) >= 11 is 0. The number of nitrogens with zero attached hydrogens (tertiary/aromatic N) is 6. The summed E-state index contributed by atoms with van der Waals surface area (Å²) in [7, 11) is 2.21. The molecule has 8 heteroatoms. The Labute approximate surface area is 221 Å². The van der Waals surface area contributed by atoms with E-state index < -0.39 is 0 Å². The molecule has 1 aliphatic heterocycles. The van der Waals surface area contributed by atoms with Crippen LogP contribution in [0.15, 0.2) is 30.5 Å². The van der Waals surface area contributed by atoms with Crippen molar-refractivity contribution in [2.24, 2.45) is 0 Å². The number of likely N-dealkylation sites (N-methyl/N-ethyl adjacent to an activating group) is 1. The first-order valence-electron chi connectivity index (χ1n) is 14.2. The highest BCUT2D eigenvalue weighted by atomic mass is 16.3. The van der Waals surface area contributed by atoms with Crippen LogP contribution < -0.4 is 5.32 Å². The molecular weight excluding hydrogens is 462 g/mol. The summed E-state index contributed by atoms with van der Waals surface area (Å²) in [5.74, 6) is 0.662. The third-order valence-electron chi connectivity index (χ3n) is 8.00. The van der Waals surface area contributed by atoms with Gasteiger partial charge < -0.3 is 15.3 Å². The lowest BCUT2D eigenvalue weighted by molar-refractivity contribution is 0.109. The normalized spacial score (nSPS) is 22.7. The van der Waals surface area contributed by atoms with Crippen LogP contribution in [0.25, 0.3) is 22.3 Å². The summed E-state index contributed by atoms with van der Waals surface area (Å²) in [5, 5.41) is 19.6. The Morgan fingerprint density at radius 1 is 1.05 bits per heavy atom. The van der Waals surface area contributed by atoms with Gasteiger partial charge in [0, 0.05) is 37.4 Å². The molecule has 2 fully saturated rings. The monoisotopic (exact) mass is 505 g/mol. The quantitative estimate of drug-likeness (QED) is 0.459. The van der Waals surface area contributed by atoms with Gasteiger partial charge in [-0.15, -0.1) is 0 Å². The number of rotatable bonds is 8. The topological polar surface area (TPSA) is 82.3 Å². The molecule has 0 amide bonds. The van der Waals surface area contributed by atoms with Crippen molar-refractivity contribution < 1.29 is 5.11 Å². The SMILES string of the molecule is CCC[C@H](C)Nc1ncc2c(-c3ccc(CN4CCCN(C)CC4)cc3)nn([C@H]3CC[C@H](O)CC3)c2n1. The number of aromatic nitrogens is 4. The third kappa shape index (κ3) is 6.30. The van der Waals surface area contributed by atoms with Crippen molar-refractivity contribution in [2.45, 2.75) is 83.5 Å². The Kier molecular flexibility index (Phi) is 8.37.